The van der Waals surface area contributed by atoms with Crippen molar-refractivity contribution in [2.45, 2.75) is 0 Å². The molecule has 0 atom stereocenters. The topological polar surface area (TPSA) is 79.5 Å². The van der Waals surface area contributed by atoms with Gasteiger partial charge in [-0.2, -0.15) is 0 Å². The molecule has 0 spiro atoms. The number of rotatable bonds is 5. The van der Waals surface area contributed by atoms with E-state index in [2.05, 4.69) is 9.97 Å². The minimum Gasteiger partial charge on any atom is -0.497 e. The lowest BCUT2D eigenvalue weighted by Gasteiger charge is -2.11. The van der Waals surface area contributed by atoms with E-state index in [1.165, 1.54) is 6.33 Å². The SMILES string of the molecule is COCCOc1cc(OC)cc2ncnc(N)c12. The van der Waals surface area contributed by atoms with Crippen LogP contribution in [0.2, 0.25) is 0 Å². The Bertz CT molecular complexity index is 545. The highest BCUT2D eigenvalue weighted by Crippen LogP contribution is 2.32. The standard InChI is InChI=1S/C12H15N3O3/c1-16-3-4-18-10-6-8(17-2)5-9-11(10)12(13)15-7-14-9/h5-7H,3-4H2,1-2H3,(H2,13,14,15). The van der Waals surface area contributed by atoms with Gasteiger partial charge in [-0.25, -0.2) is 9.97 Å². The lowest BCUT2D eigenvalue weighted by Crippen LogP contribution is -2.06. The lowest BCUT2D eigenvalue weighted by molar-refractivity contribution is 0.147. The van der Waals surface area contributed by atoms with Gasteiger partial charge >= 0.3 is 0 Å². The van der Waals surface area contributed by atoms with Crippen LogP contribution in [0.5, 0.6) is 11.5 Å². The van der Waals surface area contributed by atoms with E-state index in [-0.39, 0.29) is 0 Å². The highest BCUT2D eigenvalue weighted by atomic mass is 16.5. The van der Waals surface area contributed by atoms with Crippen LogP contribution in [-0.4, -0.2) is 37.4 Å². The average Bonchev–Trinajstić information content (AvgIpc) is 2.38. The normalized spacial score (nSPS) is 10.6. The zero-order valence-corrected chi connectivity index (χ0v) is 10.3. The van der Waals surface area contributed by atoms with Gasteiger partial charge in [0.1, 0.15) is 30.3 Å². The van der Waals surface area contributed by atoms with Gasteiger partial charge in [0.25, 0.3) is 0 Å². The minimum absolute atomic E-state index is 0.384. The van der Waals surface area contributed by atoms with E-state index in [0.29, 0.717) is 41.4 Å². The van der Waals surface area contributed by atoms with Crippen molar-refractivity contribution in [2.75, 3.05) is 33.2 Å². The van der Waals surface area contributed by atoms with E-state index in [0.717, 1.165) is 0 Å². The second-order valence-electron chi connectivity index (χ2n) is 3.62. The van der Waals surface area contributed by atoms with Crippen LogP contribution < -0.4 is 15.2 Å². The van der Waals surface area contributed by atoms with Gasteiger partial charge in [-0.05, 0) is 0 Å². The Morgan fingerprint density at radius 2 is 2.00 bits per heavy atom. The number of nitrogens with two attached hydrogens (primary N) is 1. The molecule has 0 radical (unpaired) electrons. The fourth-order valence-corrected chi connectivity index (χ4v) is 1.62. The quantitative estimate of drug-likeness (QED) is 0.803. The number of anilines is 1. The molecular formula is C12H15N3O3. The van der Waals surface area contributed by atoms with Crippen LogP contribution in [-0.2, 0) is 4.74 Å². The second kappa shape index (κ2) is 5.50. The molecule has 0 unspecified atom stereocenters. The summed E-state index contributed by atoms with van der Waals surface area (Å²) in [5.74, 6) is 1.64. The van der Waals surface area contributed by atoms with E-state index in [9.17, 15) is 0 Å². The summed E-state index contributed by atoms with van der Waals surface area (Å²) in [5, 5.41) is 0.689. The number of nitrogens with zero attached hydrogens (tertiary/aromatic N) is 2. The van der Waals surface area contributed by atoms with Crippen LogP contribution in [0, 0.1) is 0 Å². The highest BCUT2D eigenvalue weighted by Gasteiger charge is 2.10. The summed E-state index contributed by atoms with van der Waals surface area (Å²) < 4.78 is 15.8. The van der Waals surface area contributed by atoms with Crippen molar-refractivity contribution in [1.82, 2.24) is 9.97 Å². The van der Waals surface area contributed by atoms with Crippen molar-refractivity contribution in [3.8, 4) is 11.5 Å². The Morgan fingerprint density at radius 1 is 1.17 bits per heavy atom. The van der Waals surface area contributed by atoms with Gasteiger partial charge < -0.3 is 19.9 Å². The van der Waals surface area contributed by atoms with Crippen LogP contribution >= 0.6 is 0 Å². The van der Waals surface area contributed by atoms with Gasteiger partial charge in [0.15, 0.2) is 0 Å². The number of hydrogen-bond donors (Lipinski definition) is 1. The summed E-state index contributed by atoms with van der Waals surface area (Å²) in [6.07, 6.45) is 1.41. The fourth-order valence-electron chi connectivity index (χ4n) is 1.62. The number of aromatic nitrogens is 2. The molecule has 0 saturated heterocycles. The summed E-state index contributed by atoms with van der Waals surface area (Å²) in [6.45, 7) is 0.916. The molecule has 0 aliphatic heterocycles. The van der Waals surface area contributed by atoms with Crippen LogP contribution in [0.4, 0.5) is 5.82 Å². The summed E-state index contributed by atoms with van der Waals surface area (Å²) in [7, 11) is 3.20. The Hall–Kier alpha value is -2.08. The number of methoxy groups -OCH3 is 2. The smallest absolute Gasteiger partial charge is 0.138 e. The first kappa shape index (κ1) is 12.4. The molecule has 0 saturated carbocycles. The molecule has 6 nitrogen and oxygen atoms in total. The molecule has 2 rings (SSSR count). The van der Waals surface area contributed by atoms with Gasteiger partial charge in [0.2, 0.25) is 0 Å². The summed E-state index contributed by atoms with van der Waals surface area (Å²) in [4.78, 5) is 8.12. The fraction of sp³-hybridized carbons (Fsp3) is 0.333. The molecule has 6 heteroatoms. The summed E-state index contributed by atoms with van der Waals surface area (Å²) >= 11 is 0. The van der Waals surface area contributed by atoms with Gasteiger partial charge in [-0.3, -0.25) is 0 Å². The van der Waals surface area contributed by atoms with E-state index in [1.807, 2.05) is 0 Å². The van der Waals surface area contributed by atoms with Gasteiger partial charge in [-0.15, -0.1) is 0 Å². The monoisotopic (exact) mass is 249 g/mol. The summed E-state index contributed by atoms with van der Waals surface area (Å²) in [6, 6.07) is 3.55. The molecule has 0 fully saturated rings. The van der Waals surface area contributed by atoms with E-state index in [1.54, 1.807) is 26.4 Å². The van der Waals surface area contributed by atoms with E-state index >= 15 is 0 Å². The minimum atomic E-state index is 0.384. The zero-order valence-electron chi connectivity index (χ0n) is 10.3. The molecule has 18 heavy (non-hydrogen) atoms. The molecule has 1 heterocycles. The number of nitrogen functional groups attached to an aromatic ring is 1. The van der Waals surface area contributed by atoms with E-state index in [4.69, 9.17) is 19.9 Å². The van der Waals surface area contributed by atoms with Crippen LogP contribution in [0.15, 0.2) is 18.5 Å². The maximum Gasteiger partial charge on any atom is 0.138 e. The van der Waals surface area contributed by atoms with Crippen molar-refractivity contribution < 1.29 is 14.2 Å². The number of hydrogen-bond acceptors (Lipinski definition) is 6. The molecule has 96 valence electrons. The predicted molar refractivity (Wildman–Crippen MR) is 67.9 cm³/mol. The van der Waals surface area contributed by atoms with E-state index < -0.39 is 0 Å². The summed E-state index contributed by atoms with van der Waals surface area (Å²) in [5.41, 5.74) is 6.54. The largest absolute Gasteiger partial charge is 0.497 e. The molecule has 2 aromatic rings. The zero-order chi connectivity index (χ0) is 13.0. The molecule has 0 amide bonds. The third-order valence-electron chi connectivity index (χ3n) is 2.49. The molecular weight excluding hydrogens is 234 g/mol. The Labute approximate surface area is 105 Å². The van der Waals surface area contributed by atoms with Crippen LogP contribution in [0.3, 0.4) is 0 Å². The number of benzene rings is 1. The Balaban J connectivity index is 2.46. The van der Waals surface area contributed by atoms with Gasteiger partial charge in [0, 0.05) is 19.2 Å². The van der Waals surface area contributed by atoms with Crippen molar-refractivity contribution in [1.29, 1.82) is 0 Å². The molecule has 2 N–H and O–H groups in total. The van der Waals surface area contributed by atoms with Gasteiger partial charge in [0.05, 0.1) is 24.6 Å². The third-order valence-corrected chi connectivity index (χ3v) is 2.49. The molecule has 0 bridgehead atoms. The average molecular weight is 249 g/mol. The van der Waals surface area contributed by atoms with Crippen molar-refractivity contribution in [3.63, 3.8) is 0 Å². The molecule has 0 aliphatic rings. The maximum absolute atomic E-state index is 5.85. The van der Waals surface area contributed by atoms with Crippen LogP contribution in [0.25, 0.3) is 10.9 Å². The molecule has 0 aliphatic carbocycles. The highest BCUT2D eigenvalue weighted by molar-refractivity contribution is 5.94. The first-order valence-corrected chi connectivity index (χ1v) is 5.46. The number of fused-ring (bicyclic) bond motifs is 1. The molecule has 1 aromatic carbocycles. The first-order valence-electron chi connectivity index (χ1n) is 5.46. The first-order chi connectivity index (χ1) is 8.76. The van der Waals surface area contributed by atoms with Crippen molar-refractivity contribution >= 4 is 16.7 Å². The maximum atomic E-state index is 5.85. The third kappa shape index (κ3) is 2.43. The Kier molecular flexibility index (Phi) is 3.78. The number of ether oxygens (including phenoxy) is 3. The lowest BCUT2D eigenvalue weighted by atomic mass is 10.2. The van der Waals surface area contributed by atoms with Crippen molar-refractivity contribution in [3.05, 3.63) is 18.5 Å². The van der Waals surface area contributed by atoms with Gasteiger partial charge in [-0.1, -0.05) is 0 Å². The molecule has 1 aromatic heterocycles. The Morgan fingerprint density at radius 3 is 2.72 bits per heavy atom. The second-order valence-corrected chi connectivity index (χ2v) is 3.62. The van der Waals surface area contributed by atoms with Crippen LogP contribution in [0.1, 0.15) is 0 Å². The predicted octanol–water partition coefficient (Wildman–Crippen LogP) is 1.25. The van der Waals surface area contributed by atoms with Crippen molar-refractivity contribution in [2.24, 2.45) is 0 Å².